The third-order valence-corrected chi connectivity index (χ3v) is 3.14. The molecule has 1 aromatic carbocycles. The second-order valence-corrected chi connectivity index (χ2v) is 4.50. The second kappa shape index (κ2) is 6.60. The molecule has 0 atom stereocenters. The zero-order chi connectivity index (χ0) is 14.8. The molecule has 0 radical (unpaired) electrons. The average molecular weight is 290 g/mol. The monoisotopic (exact) mass is 290 g/mol. The van der Waals surface area contributed by atoms with Crippen LogP contribution in [0.25, 0.3) is 11.5 Å². The summed E-state index contributed by atoms with van der Waals surface area (Å²) in [6.07, 6.45) is 5.29. The van der Waals surface area contributed by atoms with Crippen molar-refractivity contribution >= 4 is 11.5 Å². The van der Waals surface area contributed by atoms with Gasteiger partial charge in [0.25, 0.3) is 0 Å². The van der Waals surface area contributed by atoms with Crippen molar-refractivity contribution in [2.75, 3.05) is 0 Å². The molecule has 0 saturated carbocycles. The zero-order valence-electron chi connectivity index (χ0n) is 12.0. The fourth-order valence-electron chi connectivity index (χ4n) is 2.12. The number of aromatic nitrogens is 3. The molecule has 2 aromatic heterocycles. The SMILES string of the molecule is [Li+].[NH-]/N=C(\N)c1cn2ccnc2c(Cc2ccccc2F)n1. The molecule has 2 heterocycles. The Labute approximate surface area is 138 Å². The molecule has 3 rings (SSSR count). The number of imidazole rings is 1. The maximum Gasteiger partial charge on any atom is 1.00 e. The number of fused-ring (bicyclic) bond motifs is 1. The van der Waals surface area contributed by atoms with Gasteiger partial charge in [-0.25, -0.2) is 14.4 Å². The molecule has 0 spiro atoms. The van der Waals surface area contributed by atoms with Crippen LogP contribution in [0.1, 0.15) is 17.0 Å². The Morgan fingerprint density at radius 2 is 2.14 bits per heavy atom. The fraction of sp³-hybridized carbons (Fsp3) is 0.0714. The molecular weight excluding hydrogens is 278 g/mol. The molecule has 0 aliphatic heterocycles. The summed E-state index contributed by atoms with van der Waals surface area (Å²) in [5.41, 5.74) is 7.73. The van der Waals surface area contributed by atoms with Gasteiger partial charge >= 0.3 is 18.9 Å². The Balaban J connectivity index is 0.00000176. The van der Waals surface area contributed by atoms with Crippen molar-refractivity contribution in [1.82, 2.24) is 14.4 Å². The topological polar surface area (TPSA) is 92.4 Å². The van der Waals surface area contributed by atoms with Crippen molar-refractivity contribution in [2.45, 2.75) is 6.42 Å². The molecule has 0 aliphatic rings. The zero-order valence-corrected chi connectivity index (χ0v) is 12.0. The first-order valence-corrected chi connectivity index (χ1v) is 6.25. The molecule has 0 unspecified atom stereocenters. The van der Waals surface area contributed by atoms with Crippen LogP contribution in [0.2, 0.25) is 0 Å². The van der Waals surface area contributed by atoms with Gasteiger partial charge in [-0.2, -0.15) is 0 Å². The smallest absolute Gasteiger partial charge is 0.615 e. The summed E-state index contributed by atoms with van der Waals surface area (Å²) in [5, 5.41) is 3.19. The van der Waals surface area contributed by atoms with Gasteiger partial charge < -0.3 is 21.1 Å². The molecule has 0 aliphatic carbocycles. The first kappa shape index (κ1) is 16.0. The molecule has 6 nitrogen and oxygen atoms in total. The van der Waals surface area contributed by atoms with Gasteiger partial charge in [0.1, 0.15) is 17.3 Å². The Morgan fingerprint density at radius 1 is 1.36 bits per heavy atom. The number of nitrogens with one attached hydrogen (secondary N) is 1. The maximum atomic E-state index is 13.8. The summed E-state index contributed by atoms with van der Waals surface area (Å²) in [5.74, 6) is 6.69. The summed E-state index contributed by atoms with van der Waals surface area (Å²) < 4.78 is 15.5. The van der Waals surface area contributed by atoms with Crippen LogP contribution in [0.15, 0.2) is 48.0 Å². The Hall–Kier alpha value is -2.36. The Bertz CT molecular complexity index is 829. The summed E-state index contributed by atoms with van der Waals surface area (Å²) in [4.78, 5) is 8.58. The van der Waals surface area contributed by atoms with E-state index in [0.717, 1.165) is 0 Å². The Kier molecular flexibility index (Phi) is 4.81. The van der Waals surface area contributed by atoms with Crippen LogP contribution in [0, 0.1) is 5.82 Å². The van der Waals surface area contributed by atoms with Gasteiger partial charge in [-0.05, 0) is 11.6 Å². The average Bonchev–Trinajstić information content (AvgIpc) is 2.97. The minimum atomic E-state index is -0.295. The number of rotatable bonds is 3. The number of hydrogen-bond acceptors (Lipinski definition) is 3. The third-order valence-electron chi connectivity index (χ3n) is 3.14. The fourth-order valence-corrected chi connectivity index (χ4v) is 2.12. The molecule has 22 heavy (non-hydrogen) atoms. The van der Waals surface area contributed by atoms with Gasteiger partial charge in [-0.1, -0.05) is 18.2 Å². The van der Waals surface area contributed by atoms with Crippen molar-refractivity contribution in [2.24, 2.45) is 10.8 Å². The van der Waals surface area contributed by atoms with Gasteiger partial charge in [0, 0.05) is 25.0 Å². The van der Waals surface area contributed by atoms with E-state index in [1.54, 1.807) is 41.2 Å². The summed E-state index contributed by atoms with van der Waals surface area (Å²) in [7, 11) is 0. The van der Waals surface area contributed by atoms with E-state index in [0.29, 0.717) is 22.6 Å². The van der Waals surface area contributed by atoms with Gasteiger partial charge in [-0.3, -0.25) is 0 Å². The number of nitrogens with zero attached hydrogens (tertiary/aromatic N) is 4. The number of nitrogens with two attached hydrogens (primary N) is 1. The minimum Gasteiger partial charge on any atom is -0.615 e. The predicted molar refractivity (Wildman–Crippen MR) is 77.2 cm³/mol. The first-order chi connectivity index (χ1) is 10.2. The molecule has 0 saturated heterocycles. The number of halogens is 1. The summed E-state index contributed by atoms with van der Waals surface area (Å²) in [6.45, 7) is 0. The maximum absolute atomic E-state index is 13.8. The van der Waals surface area contributed by atoms with Crippen LogP contribution in [-0.2, 0) is 6.42 Å². The summed E-state index contributed by atoms with van der Waals surface area (Å²) >= 11 is 0. The first-order valence-electron chi connectivity index (χ1n) is 6.25. The van der Waals surface area contributed by atoms with E-state index in [2.05, 4.69) is 15.1 Å². The molecule has 3 aromatic rings. The molecule has 8 heteroatoms. The minimum absolute atomic E-state index is 0. The van der Waals surface area contributed by atoms with E-state index in [1.165, 1.54) is 6.07 Å². The molecule has 0 amide bonds. The van der Waals surface area contributed by atoms with Crippen molar-refractivity contribution < 1.29 is 23.3 Å². The van der Waals surface area contributed by atoms with Crippen LogP contribution in [0.5, 0.6) is 0 Å². The van der Waals surface area contributed by atoms with E-state index < -0.39 is 0 Å². The van der Waals surface area contributed by atoms with Crippen LogP contribution < -0.4 is 24.6 Å². The van der Waals surface area contributed by atoms with Crippen LogP contribution in [0.4, 0.5) is 4.39 Å². The largest absolute Gasteiger partial charge is 1.00 e. The van der Waals surface area contributed by atoms with Crippen LogP contribution in [-0.4, -0.2) is 20.2 Å². The van der Waals surface area contributed by atoms with Gasteiger partial charge in [0.05, 0.1) is 5.69 Å². The van der Waals surface area contributed by atoms with Crippen molar-refractivity contribution in [1.29, 1.82) is 0 Å². The van der Waals surface area contributed by atoms with E-state index in [9.17, 15) is 4.39 Å². The molecule has 106 valence electrons. The molecular formula is C14H12FLiN6. The molecule has 0 bridgehead atoms. The number of hydrogen-bond donors (Lipinski definition) is 1. The van der Waals surface area contributed by atoms with E-state index in [1.807, 2.05) is 0 Å². The van der Waals surface area contributed by atoms with Gasteiger partial charge in [-0.15, -0.1) is 0 Å². The van der Waals surface area contributed by atoms with Crippen molar-refractivity contribution in [3.05, 3.63) is 71.5 Å². The van der Waals surface area contributed by atoms with Crippen molar-refractivity contribution in [3.8, 4) is 0 Å². The van der Waals surface area contributed by atoms with Crippen LogP contribution in [0.3, 0.4) is 0 Å². The molecule has 0 fully saturated rings. The van der Waals surface area contributed by atoms with E-state index in [-0.39, 0.29) is 36.9 Å². The Morgan fingerprint density at radius 3 is 2.86 bits per heavy atom. The van der Waals surface area contributed by atoms with E-state index in [4.69, 9.17) is 11.6 Å². The van der Waals surface area contributed by atoms with Gasteiger partial charge in [0.2, 0.25) is 0 Å². The van der Waals surface area contributed by atoms with E-state index >= 15 is 0 Å². The third kappa shape index (κ3) is 2.96. The molecule has 3 N–H and O–H groups in total. The normalized spacial score (nSPS) is 11.4. The summed E-state index contributed by atoms with van der Waals surface area (Å²) in [6, 6.07) is 6.51. The standard InChI is InChI=1S/C14H12FN6.Li/c15-10-4-2-1-3-9(10)7-11-14-18-5-6-21(14)8-12(19-11)13(16)20-17;/h1-6,8,17H,7H2,(H2,16,20);/q-1;+1. The quantitative estimate of drug-likeness (QED) is 0.294. The van der Waals surface area contributed by atoms with Gasteiger partial charge in [0.15, 0.2) is 5.65 Å². The van der Waals surface area contributed by atoms with Crippen LogP contribution >= 0.6 is 0 Å². The number of benzene rings is 1. The van der Waals surface area contributed by atoms with Crippen molar-refractivity contribution in [3.63, 3.8) is 0 Å². The predicted octanol–water partition coefficient (Wildman–Crippen LogP) is -0.864. The second-order valence-electron chi connectivity index (χ2n) is 4.50. The number of amidine groups is 1.